The highest BCUT2D eigenvalue weighted by Crippen LogP contribution is 2.36. The number of nitrogens with one attached hydrogen (secondary N) is 1. The first-order chi connectivity index (χ1) is 16.3. The number of halogens is 2. The molecule has 0 aliphatic rings. The van der Waals surface area contributed by atoms with Crippen LogP contribution in [0.3, 0.4) is 0 Å². The van der Waals surface area contributed by atoms with Crippen molar-refractivity contribution < 1.29 is 32.2 Å². The molecule has 0 bridgehead atoms. The highest BCUT2D eigenvalue weighted by atomic mass is 35.5. The van der Waals surface area contributed by atoms with Crippen molar-refractivity contribution >= 4 is 33.3 Å². The number of aliphatic carboxylic acids is 1. The molecule has 2 aromatic carbocycles. The number of rotatable bonds is 9. The van der Waals surface area contributed by atoms with Crippen molar-refractivity contribution in [2.75, 3.05) is 4.72 Å². The van der Waals surface area contributed by atoms with Crippen LogP contribution < -0.4 is 14.2 Å². The quantitative estimate of drug-likeness (QED) is 0.388. The van der Waals surface area contributed by atoms with Crippen molar-refractivity contribution in [2.45, 2.75) is 44.3 Å². The van der Waals surface area contributed by atoms with E-state index in [0.29, 0.717) is 5.56 Å². The maximum Gasteiger partial charge on any atom is 0.347 e. The van der Waals surface area contributed by atoms with Gasteiger partial charge in [-0.2, -0.15) is 0 Å². The number of carbonyl (C=O) groups is 1. The lowest BCUT2D eigenvalue weighted by Gasteiger charge is -2.21. The molecule has 3 aromatic rings. The van der Waals surface area contributed by atoms with Crippen LogP contribution in [-0.2, 0) is 14.8 Å². The average molecular weight is 523 g/mol. The number of aromatic nitrogens is 1. The van der Waals surface area contributed by atoms with Crippen molar-refractivity contribution in [1.82, 2.24) is 4.98 Å². The van der Waals surface area contributed by atoms with Gasteiger partial charge in [0.25, 0.3) is 10.0 Å². The zero-order chi connectivity index (χ0) is 26.0. The Labute approximate surface area is 207 Å². The first-order valence-corrected chi connectivity index (χ1v) is 12.3. The molecule has 1 aromatic heterocycles. The molecule has 186 valence electrons. The van der Waals surface area contributed by atoms with Gasteiger partial charge in [-0.1, -0.05) is 23.7 Å². The van der Waals surface area contributed by atoms with Gasteiger partial charge in [-0.05, 0) is 57.5 Å². The van der Waals surface area contributed by atoms with Gasteiger partial charge in [0.1, 0.15) is 22.2 Å². The van der Waals surface area contributed by atoms with Crippen LogP contribution in [-0.4, -0.2) is 36.2 Å². The molecule has 35 heavy (non-hydrogen) atoms. The predicted octanol–water partition coefficient (Wildman–Crippen LogP) is 5.37. The smallest absolute Gasteiger partial charge is 0.347 e. The van der Waals surface area contributed by atoms with Gasteiger partial charge in [0, 0.05) is 22.8 Å². The van der Waals surface area contributed by atoms with Crippen molar-refractivity contribution in [1.29, 1.82) is 0 Å². The summed E-state index contributed by atoms with van der Waals surface area (Å²) in [6.45, 7) is 6.37. The van der Waals surface area contributed by atoms with Crippen LogP contribution in [0.4, 0.5) is 10.1 Å². The molecule has 0 saturated carbocycles. The fourth-order valence-electron chi connectivity index (χ4n) is 3.02. The number of nitrogens with zero attached hydrogens (tertiary/aromatic N) is 1. The summed E-state index contributed by atoms with van der Waals surface area (Å²) in [6.07, 6.45) is 2.30. The SMILES string of the molecule is CC(C)Oc1cncc(S(=O)(=O)Nc2c(F)cc(Cl)cc2-c2ccc(OC(C)(C)C(=O)O)cc2)c1. The van der Waals surface area contributed by atoms with E-state index < -0.39 is 27.4 Å². The maximum atomic E-state index is 14.9. The Kier molecular flexibility index (Phi) is 7.56. The molecule has 0 spiro atoms. The van der Waals surface area contributed by atoms with E-state index in [0.717, 1.165) is 12.3 Å². The summed E-state index contributed by atoms with van der Waals surface area (Å²) in [4.78, 5) is 15.0. The number of carboxylic acid groups (broad SMARTS) is 1. The van der Waals surface area contributed by atoms with E-state index in [4.69, 9.17) is 21.1 Å². The van der Waals surface area contributed by atoms with E-state index >= 15 is 0 Å². The zero-order valence-electron chi connectivity index (χ0n) is 19.4. The summed E-state index contributed by atoms with van der Waals surface area (Å²) in [5.74, 6) is -1.52. The van der Waals surface area contributed by atoms with Gasteiger partial charge in [-0.15, -0.1) is 0 Å². The summed E-state index contributed by atoms with van der Waals surface area (Å²) in [7, 11) is -4.24. The summed E-state index contributed by atoms with van der Waals surface area (Å²) in [5, 5.41) is 9.29. The van der Waals surface area contributed by atoms with Crippen molar-refractivity contribution in [3.8, 4) is 22.6 Å². The van der Waals surface area contributed by atoms with Crippen molar-refractivity contribution in [2.24, 2.45) is 0 Å². The third-order valence-corrected chi connectivity index (χ3v) is 6.25. The fourth-order valence-corrected chi connectivity index (χ4v) is 4.29. The summed E-state index contributed by atoms with van der Waals surface area (Å²) < 4.78 is 54.3. The van der Waals surface area contributed by atoms with Gasteiger partial charge in [0.2, 0.25) is 0 Å². The fraction of sp³-hybridized carbons (Fsp3) is 0.250. The first kappa shape index (κ1) is 26.2. The molecule has 0 aliphatic carbocycles. The van der Waals surface area contributed by atoms with Crippen LogP contribution in [0.15, 0.2) is 59.8 Å². The highest BCUT2D eigenvalue weighted by molar-refractivity contribution is 7.92. The summed E-state index contributed by atoms with van der Waals surface area (Å²) >= 11 is 6.05. The number of hydrogen-bond acceptors (Lipinski definition) is 6. The molecular formula is C24H24ClFN2O6S. The second-order valence-electron chi connectivity index (χ2n) is 8.38. The monoisotopic (exact) mass is 522 g/mol. The van der Waals surface area contributed by atoms with Gasteiger partial charge in [0.15, 0.2) is 5.60 Å². The maximum absolute atomic E-state index is 14.9. The van der Waals surface area contributed by atoms with Gasteiger partial charge in [0.05, 0.1) is 18.0 Å². The second-order valence-corrected chi connectivity index (χ2v) is 10.5. The Bertz CT molecular complexity index is 1340. The topological polar surface area (TPSA) is 115 Å². The van der Waals surface area contributed by atoms with Crippen LogP contribution in [0.5, 0.6) is 11.5 Å². The lowest BCUT2D eigenvalue weighted by atomic mass is 10.0. The Hall–Kier alpha value is -3.37. The molecule has 0 aliphatic heterocycles. The molecule has 1 heterocycles. The van der Waals surface area contributed by atoms with E-state index in [2.05, 4.69) is 9.71 Å². The van der Waals surface area contributed by atoms with Crippen LogP contribution >= 0.6 is 11.6 Å². The number of carboxylic acids is 1. The van der Waals surface area contributed by atoms with E-state index in [1.165, 1.54) is 56.4 Å². The molecule has 11 heteroatoms. The third kappa shape index (κ3) is 6.40. The summed E-state index contributed by atoms with van der Waals surface area (Å²) in [6, 6.07) is 9.76. The minimum atomic E-state index is -4.24. The normalized spacial score (nSPS) is 11.9. The van der Waals surface area contributed by atoms with Gasteiger partial charge < -0.3 is 14.6 Å². The third-order valence-electron chi connectivity index (χ3n) is 4.71. The van der Waals surface area contributed by atoms with E-state index in [9.17, 15) is 22.7 Å². The zero-order valence-corrected chi connectivity index (χ0v) is 20.9. The van der Waals surface area contributed by atoms with Crippen molar-refractivity contribution in [3.05, 3.63) is 65.7 Å². The second kappa shape index (κ2) is 10.1. The van der Waals surface area contributed by atoms with Gasteiger partial charge in [-0.3, -0.25) is 9.71 Å². The average Bonchev–Trinajstić information content (AvgIpc) is 2.75. The highest BCUT2D eigenvalue weighted by Gasteiger charge is 2.29. The Balaban J connectivity index is 1.98. The number of anilines is 1. The van der Waals surface area contributed by atoms with Crippen LogP contribution in [0.1, 0.15) is 27.7 Å². The molecule has 8 nitrogen and oxygen atoms in total. The molecule has 0 saturated heterocycles. The molecule has 3 rings (SSSR count). The molecule has 0 fully saturated rings. The largest absolute Gasteiger partial charge is 0.489 e. The number of ether oxygens (including phenoxy) is 2. The predicted molar refractivity (Wildman–Crippen MR) is 130 cm³/mol. The molecular weight excluding hydrogens is 499 g/mol. The van der Waals surface area contributed by atoms with E-state index in [1.807, 2.05) is 0 Å². The molecule has 0 unspecified atom stereocenters. The number of sulfonamides is 1. The number of pyridine rings is 1. The summed E-state index contributed by atoms with van der Waals surface area (Å²) in [5.41, 5.74) is -1.19. The van der Waals surface area contributed by atoms with Gasteiger partial charge >= 0.3 is 5.97 Å². The molecule has 2 N–H and O–H groups in total. The lowest BCUT2D eigenvalue weighted by Crippen LogP contribution is -2.37. The lowest BCUT2D eigenvalue weighted by molar-refractivity contribution is -0.152. The molecule has 0 radical (unpaired) electrons. The molecule has 0 amide bonds. The van der Waals surface area contributed by atoms with Gasteiger partial charge in [-0.25, -0.2) is 17.6 Å². The van der Waals surface area contributed by atoms with Crippen LogP contribution in [0.2, 0.25) is 5.02 Å². The Morgan fingerprint density at radius 1 is 1.11 bits per heavy atom. The molecule has 0 atom stereocenters. The number of hydrogen-bond donors (Lipinski definition) is 2. The Morgan fingerprint density at radius 2 is 1.77 bits per heavy atom. The van der Waals surface area contributed by atoms with E-state index in [1.54, 1.807) is 13.8 Å². The van der Waals surface area contributed by atoms with E-state index in [-0.39, 0.29) is 38.8 Å². The van der Waals surface area contributed by atoms with Crippen molar-refractivity contribution in [3.63, 3.8) is 0 Å². The first-order valence-electron chi connectivity index (χ1n) is 10.4. The Morgan fingerprint density at radius 3 is 2.37 bits per heavy atom. The standard InChI is InChI=1S/C24H24ClFN2O6S/c1-14(2)33-18-11-19(13-27-12-18)35(31,32)28-22-20(9-16(25)10-21(22)26)15-5-7-17(8-6-15)34-24(3,4)23(29)30/h5-14,28H,1-4H3,(H,29,30). The minimum Gasteiger partial charge on any atom is -0.489 e. The minimum absolute atomic E-state index is 0.0572. The van der Waals surface area contributed by atoms with Crippen LogP contribution in [0.25, 0.3) is 11.1 Å². The number of benzene rings is 2. The van der Waals surface area contributed by atoms with Crippen LogP contribution in [0, 0.1) is 5.82 Å².